The lowest BCUT2D eigenvalue weighted by Crippen LogP contribution is -2.12. The van der Waals surface area contributed by atoms with Crippen molar-refractivity contribution in [1.29, 1.82) is 0 Å². The maximum atomic E-state index is 8.58. The first-order valence-electron chi connectivity index (χ1n) is 7.04. The summed E-state index contributed by atoms with van der Waals surface area (Å²) in [5.41, 5.74) is 14.9. The minimum absolute atomic E-state index is 0.0625. The Kier molecular flexibility index (Phi) is 3.35. The first-order chi connectivity index (χ1) is 10.1. The van der Waals surface area contributed by atoms with E-state index in [1.165, 1.54) is 28.1 Å². The molecule has 1 aromatic heterocycles. The van der Waals surface area contributed by atoms with E-state index in [1.807, 2.05) is 13.0 Å². The molecule has 3 rings (SSSR count). The quantitative estimate of drug-likeness (QED) is 0.404. The van der Waals surface area contributed by atoms with Gasteiger partial charge in [-0.3, -0.25) is 0 Å². The minimum Gasteiger partial charge on any atom is -0.497 e. The topological polar surface area (TPSA) is 62.9 Å². The molecule has 0 aliphatic heterocycles. The smallest absolute Gasteiger partial charge is 0.119 e. The molecule has 5 heteroatoms. The molecule has 1 atom stereocenters. The van der Waals surface area contributed by atoms with Gasteiger partial charge in [0, 0.05) is 29.1 Å². The Morgan fingerprint density at radius 2 is 2.19 bits per heavy atom. The van der Waals surface area contributed by atoms with Gasteiger partial charge in [0.1, 0.15) is 5.75 Å². The SMILES string of the molecule is COc1ccc2c(c1)Cc1cc(C)n(CC(C)N=[N+]=[N-])c1-2. The Balaban J connectivity index is 2.04. The molecular weight excluding hydrogens is 264 g/mol. The van der Waals surface area contributed by atoms with Crippen molar-refractivity contribution < 1.29 is 4.74 Å². The van der Waals surface area contributed by atoms with Crippen LogP contribution in [0, 0.1) is 6.92 Å². The number of azide groups is 1. The van der Waals surface area contributed by atoms with Crippen molar-refractivity contribution in [3.63, 3.8) is 0 Å². The molecule has 0 fully saturated rings. The van der Waals surface area contributed by atoms with Crippen LogP contribution in [0.25, 0.3) is 21.7 Å². The average molecular weight is 282 g/mol. The van der Waals surface area contributed by atoms with Crippen LogP contribution < -0.4 is 4.74 Å². The fraction of sp³-hybridized carbons (Fsp3) is 0.375. The summed E-state index contributed by atoms with van der Waals surface area (Å²) in [7, 11) is 1.69. The van der Waals surface area contributed by atoms with Gasteiger partial charge in [-0.1, -0.05) is 12.0 Å². The molecule has 1 aliphatic rings. The maximum Gasteiger partial charge on any atom is 0.119 e. The molecule has 1 heterocycles. The van der Waals surface area contributed by atoms with Crippen LogP contribution in [0.1, 0.15) is 23.7 Å². The van der Waals surface area contributed by atoms with Gasteiger partial charge in [0.15, 0.2) is 0 Å². The van der Waals surface area contributed by atoms with Gasteiger partial charge in [-0.05, 0) is 47.8 Å². The number of benzene rings is 1. The van der Waals surface area contributed by atoms with Crippen LogP contribution in [0.15, 0.2) is 29.4 Å². The van der Waals surface area contributed by atoms with Crippen LogP contribution >= 0.6 is 0 Å². The number of aromatic nitrogens is 1. The highest BCUT2D eigenvalue weighted by molar-refractivity contribution is 5.76. The Bertz CT molecular complexity index is 741. The fourth-order valence-corrected chi connectivity index (χ4v) is 3.10. The number of hydrogen-bond acceptors (Lipinski definition) is 2. The molecule has 0 spiro atoms. The molecule has 0 saturated heterocycles. The maximum absolute atomic E-state index is 8.58. The predicted molar refractivity (Wildman–Crippen MR) is 82.6 cm³/mol. The van der Waals surface area contributed by atoms with E-state index in [1.54, 1.807) is 7.11 Å². The van der Waals surface area contributed by atoms with Crippen LogP contribution in [0.3, 0.4) is 0 Å². The molecule has 0 saturated carbocycles. The lowest BCUT2D eigenvalue weighted by molar-refractivity contribution is 0.414. The highest BCUT2D eigenvalue weighted by Crippen LogP contribution is 2.40. The average Bonchev–Trinajstić information content (AvgIpc) is 2.94. The number of aryl methyl sites for hydroxylation is 1. The van der Waals surface area contributed by atoms with Gasteiger partial charge in [0.25, 0.3) is 0 Å². The van der Waals surface area contributed by atoms with Crippen molar-refractivity contribution in [2.24, 2.45) is 5.11 Å². The molecule has 0 N–H and O–H groups in total. The van der Waals surface area contributed by atoms with Crippen LogP contribution in [0.4, 0.5) is 0 Å². The van der Waals surface area contributed by atoms with E-state index in [9.17, 15) is 0 Å². The molecule has 21 heavy (non-hydrogen) atoms. The third kappa shape index (κ3) is 2.26. The second kappa shape index (κ2) is 5.19. The summed E-state index contributed by atoms with van der Waals surface area (Å²) >= 11 is 0. The van der Waals surface area contributed by atoms with Crippen molar-refractivity contribution >= 4 is 0 Å². The van der Waals surface area contributed by atoms with E-state index in [0.717, 1.165) is 12.2 Å². The van der Waals surface area contributed by atoms with Crippen molar-refractivity contribution in [3.8, 4) is 17.0 Å². The first-order valence-corrected chi connectivity index (χ1v) is 7.04. The molecule has 0 radical (unpaired) electrons. The number of rotatable bonds is 4. The second-order valence-corrected chi connectivity index (χ2v) is 5.52. The molecular formula is C16H18N4O. The fourth-order valence-electron chi connectivity index (χ4n) is 3.10. The lowest BCUT2D eigenvalue weighted by atomic mass is 10.1. The van der Waals surface area contributed by atoms with E-state index in [-0.39, 0.29) is 6.04 Å². The van der Waals surface area contributed by atoms with Gasteiger partial charge in [0.2, 0.25) is 0 Å². The summed E-state index contributed by atoms with van der Waals surface area (Å²) in [5.74, 6) is 0.893. The summed E-state index contributed by atoms with van der Waals surface area (Å²) < 4.78 is 7.56. The number of nitrogens with zero attached hydrogens (tertiary/aromatic N) is 4. The van der Waals surface area contributed by atoms with E-state index in [0.29, 0.717) is 6.54 Å². The number of hydrogen-bond donors (Lipinski definition) is 0. The van der Waals surface area contributed by atoms with Gasteiger partial charge < -0.3 is 9.30 Å². The Morgan fingerprint density at radius 3 is 2.90 bits per heavy atom. The third-order valence-electron chi connectivity index (χ3n) is 4.03. The summed E-state index contributed by atoms with van der Waals surface area (Å²) in [5, 5.41) is 3.79. The largest absolute Gasteiger partial charge is 0.497 e. The van der Waals surface area contributed by atoms with Crippen LogP contribution in [0.5, 0.6) is 5.75 Å². The Morgan fingerprint density at radius 1 is 1.38 bits per heavy atom. The summed E-state index contributed by atoms with van der Waals surface area (Å²) in [6.45, 7) is 4.75. The molecule has 1 aromatic carbocycles. The normalized spacial score (nSPS) is 13.3. The van der Waals surface area contributed by atoms with Crippen LogP contribution in [0.2, 0.25) is 0 Å². The number of fused-ring (bicyclic) bond motifs is 3. The predicted octanol–water partition coefficient (Wildman–Crippen LogP) is 4.08. The van der Waals surface area contributed by atoms with Crippen molar-refractivity contribution in [3.05, 3.63) is 51.5 Å². The molecule has 1 unspecified atom stereocenters. The van der Waals surface area contributed by atoms with E-state index >= 15 is 0 Å². The van der Waals surface area contributed by atoms with E-state index in [2.05, 4.69) is 39.7 Å². The van der Waals surface area contributed by atoms with E-state index < -0.39 is 0 Å². The second-order valence-electron chi connectivity index (χ2n) is 5.52. The summed E-state index contributed by atoms with van der Waals surface area (Å²) in [4.78, 5) is 2.90. The zero-order chi connectivity index (χ0) is 15.0. The van der Waals surface area contributed by atoms with Crippen LogP contribution in [-0.2, 0) is 13.0 Å². The highest BCUT2D eigenvalue weighted by atomic mass is 16.5. The van der Waals surface area contributed by atoms with Crippen LogP contribution in [-0.4, -0.2) is 17.7 Å². The highest BCUT2D eigenvalue weighted by Gasteiger charge is 2.24. The van der Waals surface area contributed by atoms with Gasteiger partial charge >= 0.3 is 0 Å². The molecule has 1 aliphatic carbocycles. The standard InChI is InChI=1S/C16H18N4O/c1-10(18-19-17)9-20-11(2)6-13-7-12-8-14(21-3)4-5-15(12)16(13)20/h4-6,8,10H,7,9H2,1-3H3. The molecule has 0 amide bonds. The first kappa shape index (κ1) is 13.6. The van der Waals surface area contributed by atoms with Gasteiger partial charge in [-0.2, -0.15) is 0 Å². The van der Waals surface area contributed by atoms with Gasteiger partial charge in [0.05, 0.1) is 18.8 Å². The van der Waals surface area contributed by atoms with Gasteiger partial charge in [-0.15, -0.1) is 0 Å². The summed E-state index contributed by atoms with van der Waals surface area (Å²) in [6.07, 6.45) is 0.936. The van der Waals surface area contributed by atoms with Crippen molar-refractivity contribution in [2.45, 2.75) is 32.9 Å². The monoisotopic (exact) mass is 282 g/mol. The van der Waals surface area contributed by atoms with Gasteiger partial charge in [-0.25, -0.2) is 0 Å². The Labute approximate surface area is 123 Å². The van der Waals surface area contributed by atoms with Crippen molar-refractivity contribution in [1.82, 2.24) is 4.57 Å². The molecule has 5 nitrogen and oxygen atoms in total. The number of ether oxygens (including phenoxy) is 1. The molecule has 2 aromatic rings. The zero-order valence-electron chi connectivity index (χ0n) is 12.5. The van der Waals surface area contributed by atoms with Crippen molar-refractivity contribution in [2.75, 3.05) is 7.11 Å². The van der Waals surface area contributed by atoms with E-state index in [4.69, 9.17) is 10.3 Å². The Hall–Kier alpha value is -2.39. The zero-order valence-corrected chi connectivity index (χ0v) is 12.5. The third-order valence-corrected chi connectivity index (χ3v) is 4.03. The number of methoxy groups -OCH3 is 1. The molecule has 0 bridgehead atoms. The summed E-state index contributed by atoms with van der Waals surface area (Å²) in [6, 6.07) is 8.38. The molecule has 108 valence electrons. The lowest BCUT2D eigenvalue weighted by Gasteiger charge is -2.14. The minimum atomic E-state index is -0.0625.